The SMILES string of the molecule is COc1ccc(C(C)=O)cc1CN1CCN(C(=O)c2ccccc2Cl)CC1. The molecule has 1 saturated heterocycles. The third-order valence-corrected chi connectivity index (χ3v) is 5.17. The summed E-state index contributed by atoms with van der Waals surface area (Å²) >= 11 is 6.15. The molecule has 6 heteroatoms. The lowest BCUT2D eigenvalue weighted by Crippen LogP contribution is -2.48. The van der Waals surface area contributed by atoms with Gasteiger partial charge in [0.25, 0.3) is 5.91 Å². The van der Waals surface area contributed by atoms with E-state index in [2.05, 4.69) is 4.90 Å². The molecule has 0 spiro atoms. The van der Waals surface area contributed by atoms with Crippen molar-refractivity contribution in [1.29, 1.82) is 0 Å². The third-order valence-electron chi connectivity index (χ3n) is 4.84. The highest BCUT2D eigenvalue weighted by Crippen LogP contribution is 2.23. The molecule has 27 heavy (non-hydrogen) atoms. The average molecular weight is 387 g/mol. The van der Waals surface area contributed by atoms with Crippen molar-refractivity contribution in [3.05, 3.63) is 64.2 Å². The van der Waals surface area contributed by atoms with E-state index in [9.17, 15) is 9.59 Å². The fourth-order valence-electron chi connectivity index (χ4n) is 3.28. The molecule has 1 aliphatic rings. The summed E-state index contributed by atoms with van der Waals surface area (Å²) in [6.07, 6.45) is 0. The van der Waals surface area contributed by atoms with Crippen molar-refractivity contribution >= 4 is 23.3 Å². The second-order valence-corrected chi connectivity index (χ2v) is 7.04. The van der Waals surface area contributed by atoms with Gasteiger partial charge in [0.1, 0.15) is 5.75 Å². The largest absolute Gasteiger partial charge is 0.496 e. The first-order valence-electron chi connectivity index (χ1n) is 8.93. The second kappa shape index (κ2) is 8.55. The minimum atomic E-state index is -0.0311. The molecule has 0 saturated carbocycles. The van der Waals surface area contributed by atoms with E-state index >= 15 is 0 Å². The number of amides is 1. The maximum Gasteiger partial charge on any atom is 0.255 e. The van der Waals surface area contributed by atoms with Gasteiger partial charge < -0.3 is 9.64 Å². The molecule has 1 heterocycles. The number of carbonyl (C=O) groups is 2. The smallest absolute Gasteiger partial charge is 0.255 e. The Morgan fingerprint density at radius 3 is 2.41 bits per heavy atom. The number of hydrogen-bond acceptors (Lipinski definition) is 4. The van der Waals surface area contributed by atoms with Crippen molar-refractivity contribution < 1.29 is 14.3 Å². The van der Waals surface area contributed by atoms with E-state index in [-0.39, 0.29) is 11.7 Å². The predicted molar refractivity (Wildman–Crippen MR) is 106 cm³/mol. The standard InChI is InChI=1S/C21H23ClN2O3/c1-15(25)16-7-8-20(27-2)17(13-16)14-23-9-11-24(12-10-23)21(26)18-5-3-4-6-19(18)22/h3-8,13H,9-12,14H2,1-2H3. The number of Topliss-reactive ketones (excluding diaryl/α,β-unsaturated/α-hetero) is 1. The van der Waals surface area contributed by atoms with Crippen LogP contribution in [0.15, 0.2) is 42.5 Å². The number of halogens is 1. The summed E-state index contributed by atoms with van der Waals surface area (Å²) in [6.45, 7) is 5.02. The van der Waals surface area contributed by atoms with Gasteiger partial charge in [0.05, 0.1) is 17.7 Å². The minimum absolute atomic E-state index is 0.0311. The van der Waals surface area contributed by atoms with Gasteiger partial charge in [0.15, 0.2) is 5.78 Å². The summed E-state index contributed by atoms with van der Waals surface area (Å²) < 4.78 is 5.43. The van der Waals surface area contributed by atoms with Gasteiger partial charge in [-0.3, -0.25) is 14.5 Å². The normalized spacial score (nSPS) is 14.9. The van der Waals surface area contributed by atoms with Gasteiger partial charge in [-0.1, -0.05) is 23.7 Å². The van der Waals surface area contributed by atoms with E-state index in [0.717, 1.165) is 24.4 Å². The molecule has 0 aromatic heterocycles. The summed E-state index contributed by atoms with van der Waals surface area (Å²) in [5.74, 6) is 0.778. The number of rotatable bonds is 5. The molecule has 142 valence electrons. The third kappa shape index (κ3) is 4.49. The molecule has 2 aromatic carbocycles. The van der Waals surface area contributed by atoms with Crippen molar-refractivity contribution in [2.24, 2.45) is 0 Å². The van der Waals surface area contributed by atoms with Gasteiger partial charge in [0, 0.05) is 43.9 Å². The average Bonchev–Trinajstić information content (AvgIpc) is 2.68. The zero-order valence-corrected chi connectivity index (χ0v) is 16.3. The van der Waals surface area contributed by atoms with E-state index in [1.54, 1.807) is 32.2 Å². The van der Waals surface area contributed by atoms with Crippen molar-refractivity contribution in [2.75, 3.05) is 33.3 Å². The first-order valence-corrected chi connectivity index (χ1v) is 9.31. The highest BCUT2D eigenvalue weighted by molar-refractivity contribution is 6.33. The summed E-state index contributed by atoms with van der Waals surface area (Å²) in [5.41, 5.74) is 2.21. The number of nitrogens with zero attached hydrogens (tertiary/aromatic N) is 2. The molecule has 0 aliphatic carbocycles. The monoisotopic (exact) mass is 386 g/mol. The lowest BCUT2D eigenvalue weighted by atomic mass is 10.1. The van der Waals surface area contributed by atoms with Crippen LogP contribution in [0.5, 0.6) is 5.75 Å². The van der Waals surface area contributed by atoms with Gasteiger partial charge in [0.2, 0.25) is 0 Å². The Hall–Kier alpha value is -2.37. The molecule has 0 radical (unpaired) electrons. The number of benzene rings is 2. The van der Waals surface area contributed by atoms with Gasteiger partial charge in [-0.05, 0) is 37.3 Å². The topological polar surface area (TPSA) is 49.9 Å². The molecule has 0 bridgehead atoms. The van der Waals surface area contributed by atoms with Crippen LogP contribution in [0, 0.1) is 0 Å². The van der Waals surface area contributed by atoms with Crippen LogP contribution < -0.4 is 4.74 Å². The van der Waals surface area contributed by atoms with Crippen molar-refractivity contribution in [3.8, 4) is 5.75 Å². The highest BCUT2D eigenvalue weighted by atomic mass is 35.5. The van der Waals surface area contributed by atoms with E-state index in [1.165, 1.54) is 0 Å². The summed E-state index contributed by atoms with van der Waals surface area (Å²) in [5, 5.41) is 0.482. The van der Waals surface area contributed by atoms with Crippen LogP contribution in [0.1, 0.15) is 33.2 Å². The van der Waals surface area contributed by atoms with Crippen molar-refractivity contribution in [1.82, 2.24) is 9.80 Å². The van der Waals surface area contributed by atoms with E-state index in [4.69, 9.17) is 16.3 Å². The first kappa shape index (κ1) is 19.4. The number of methoxy groups -OCH3 is 1. The summed E-state index contributed by atoms with van der Waals surface area (Å²) in [6, 6.07) is 12.6. The van der Waals surface area contributed by atoms with Crippen LogP contribution in [0.4, 0.5) is 0 Å². The van der Waals surface area contributed by atoms with E-state index in [1.807, 2.05) is 29.2 Å². The molecular weight excluding hydrogens is 364 g/mol. The maximum absolute atomic E-state index is 12.7. The molecule has 2 aromatic rings. The number of piperazine rings is 1. The molecule has 0 N–H and O–H groups in total. The first-order chi connectivity index (χ1) is 13.0. The Morgan fingerprint density at radius 1 is 1.07 bits per heavy atom. The zero-order valence-electron chi connectivity index (χ0n) is 15.6. The Bertz CT molecular complexity index is 845. The fraction of sp³-hybridized carbons (Fsp3) is 0.333. The zero-order chi connectivity index (χ0) is 19.4. The predicted octanol–water partition coefficient (Wildman–Crippen LogP) is 3.51. The summed E-state index contributed by atoms with van der Waals surface area (Å²) in [7, 11) is 1.63. The maximum atomic E-state index is 12.7. The number of carbonyl (C=O) groups excluding carboxylic acids is 2. The van der Waals surface area contributed by atoms with Crippen LogP contribution in [-0.4, -0.2) is 54.8 Å². The molecular formula is C21H23ClN2O3. The molecule has 0 atom stereocenters. The quantitative estimate of drug-likeness (QED) is 0.738. The summed E-state index contributed by atoms with van der Waals surface area (Å²) in [4.78, 5) is 28.4. The van der Waals surface area contributed by atoms with Crippen LogP contribution in [0.25, 0.3) is 0 Å². The van der Waals surface area contributed by atoms with Gasteiger partial charge in [-0.15, -0.1) is 0 Å². The Balaban J connectivity index is 1.65. The lowest BCUT2D eigenvalue weighted by Gasteiger charge is -2.35. The number of ether oxygens (including phenoxy) is 1. The molecule has 0 unspecified atom stereocenters. The molecule has 5 nitrogen and oxygen atoms in total. The van der Waals surface area contributed by atoms with Crippen molar-refractivity contribution in [3.63, 3.8) is 0 Å². The Labute approximate surface area is 164 Å². The fourth-order valence-corrected chi connectivity index (χ4v) is 3.49. The molecule has 1 aliphatic heterocycles. The van der Waals surface area contributed by atoms with Gasteiger partial charge in [-0.2, -0.15) is 0 Å². The van der Waals surface area contributed by atoms with Crippen molar-refractivity contribution in [2.45, 2.75) is 13.5 Å². The number of ketones is 1. The van der Waals surface area contributed by atoms with Gasteiger partial charge >= 0.3 is 0 Å². The lowest BCUT2D eigenvalue weighted by molar-refractivity contribution is 0.0627. The van der Waals surface area contributed by atoms with E-state index < -0.39 is 0 Å². The minimum Gasteiger partial charge on any atom is -0.496 e. The Kier molecular flexibility index (Phi) is 6.14. The van der Waals surface area contributed by atoms with Gasteiger partial charge in [-0.25, -0.2) is 0 Å². The highest BCUT2D eigenvalue weighted by Gasteiger charge is 2.24. The molecule has 3 rings (SSSR count). The second-order valence-electron chi connectivity index (χ2n) is 6.63. The van der Waals surface area contributed by atoms with Crippen LogP contribution in [0.2, 0.25) is 5.02 Å². The molecule has 1 amide bonds. The Morgan fingerprint density at radius 2 is 1.78 bits per heavy atom. The van der Waals surface area contributed by atoms with Crippen LogP contribution in [0.3, 0.4) is 0 Å². The van der Waals surface area contributed by atoms with E-state index in [0.29, 0.717) is 35.8 Å². The number of hydrogen-bond donors (Lipinski definition) is 0. The van der Waals surface area contributed by atoms with Crippen LogP contribution in [-0.2, 0) is 6.54 Å². The molecule has 1 fully saturated rings. The van der Waals surface area contributed by atoms with Crippen LogP contribution >= 0.6 is 11.6 Å².